The number of piperazine rings is 1. The largest absolute Gasteiger partial charge is 0.468 e. The molecule has 0 N–H and O–H groups in total. The van der Waals surface area contributed by atoms with Crippen LogP contribution in [0.4, 0.5) is 0 Å². The van der Waals surface area contributed by atoms with E-state index >= 15 is 0 Å². The summed E-state index contributed by atoms with van der Waals surface area (Å²) in [6, 6.07) is 3.87. The van der Waals surface area contributed by atoms with E-state index in [1.807, 2.05) is 17.0 Å². The van der Waals surface area contributed by atoms with E-state index in [0.717, 1.165) is 51.1 Å². The number of carbonyl (C=O) groups excluding carboxylic acids is 2. The van der Waals surface area contributed by atoms with E-state index in [2.05, 4.69) is 4.90 Å². The zero-order chi connectivity index (χ0) is 16.6. The number of furan rings is 1. The molecule has 1 aromatic heterocycles. The molecule has 24 heavy (non-hydrogen) atoms. The fourth-order valence-corrected chi connectivity index (χ4v) is 4.40. The zero-order valence-corrected chi connectivity index (χ0v) is 13.9. The molecule has 6 nitrogen and oxygen atoms in total. The Labute approximate surface area is 141 Å². The summed E-state index contributed by atoms with van der Waals surface area (Å²) in [4.78, 5) is 29.0. The predicted molar refractivity (Wildman–Crippen MR) is 86.0 cm³/mol. The second-order valence-electron chi connectivity index (χ2n) is 7.18. The highest BCUT2D eigenvalue weighted by molar-refractivity contribution is 5.88. The van der Waals surface area contributed by atoms with Gasteiger partial charge in [0.1, 0.15) is 11.4 Å². The standard InChI is InChI=1S/C18H24N2O4/c21-16-12-15(18(24-16)5-1-2-6-18)17(22)20-9-7-19(8-10-20)13-14-4-3-11-23-14/h3-4,11,15H,1-2,5-10,12-13H2/t15-/m0/s1. The van der Waals surface area contributed by atoms with Crippen LogP contribution in [0.2, 0.25) is 0 Å². The van der Waals surface area contributed by atoms with Crippen molar-refractivity contribution >= 4 is 11.9 Å². The Morgan fingerprint density at radius 2 is 1.96 bits per heavy atom. The highest BCUT2D eigenvalue weighted by atomic mass is 16.6. The monoisotopic (exact) mass is 332 g/mol. The van der Waals surface area contributed by atoms with Crippen LogP contribution in [-0.4, -0.2) is 53.5 Å². The van der Waals surface area contributed by atoms with Crippen molar-refractivity contribution < 1.29 is 18.7 Å². The van der Waals surface area contributed by atoms with Gasteiger partial charge in [-0.25, -0.2) is 0 Å². The van der Waals surface area contributed by atoms with E-state index in [-0.39, 0.29) is 24.2 Å². The Morgan fingerprint density at radius 3 is 2.62 bits per heavy atom. The molecule has 1 spiro atoms. The third-order valence-electron chi connectivity index (χ3n) is 5.71. The highest BCUT2D eigenvalue weighted by Gasteiger charge is 2.54. The third kappa shape index (κ3) is 2.83. The molecule has 0 radical (unpaired) electrons. The molecule has 1 saturated carbocycles. The van der Waals surface area contributed by atoms with E-state index in [0.29, 0.717) is 13.1 Å². The lowest BCUT2D eigenvalue weighted by Gasteiger charge is -2.37. The first-order valence-corrected chi connectivity index (χ1v) is 8.92. The Morgan fingerprint density at radius 1 is 1.21 bits per heavy atom. The molecule has 4 rings (SSSR count). The summed E-state index contributed by atoms with van der Waals surface area (Å²) >= 11 is 0. The van der Waals surface area contributed by atoms with E-state index in [4.69, 9.17) is 9.15 Å². The maximum absolute atomic E-state index is 13.0. The van der Waals surface area contributed by atoms with Crippen LogP contribution in [0.5, 0.6) is 0 Å². The number of nitrogens with zero attached hydrogens (tertiary/aromatic N) is 2. The van der Waals surface area contributed by atoms with Crippen molar-refractivity contribution in [2.45, 2.75) is 44.2 Å². The van der Waals surface area contributed by atoms with Crippen molar-refractivity contribution in [2.75, 3.05) is 26.2 Å². The van der Waals surface area contributed by atoms with Gasteiger partial charge < -0.3 is 14.1 Å². The number of hydrogen-bond donors (Lipinski definition) is 0. The molecular formula is C18H24N2O4. The molecule has 6 heteroatoms. The van der Waals surface area contributed by atoms with Crippen LogP contribution in [0.25, 0.3) is 0 Å². The van der Waals surface area contributed by atoms with Gasteiger partial charge in [-0.3, -0.25) is 14.5 Å². The normalized spacial score (nSPS) is 26.9. The Bertz CT molecular complexity index is 599. The fraction of sp³-hybridized carbons (Fsp3) is 0.667. The lowest BCUT2D eigenvalue weighted by atomic mass is 9.84. The van der Waals surface area contributed by atoms with Gasteiger partial charge in [-0.1, -0.05) is 0 Å². The molecule has 0 aromatic carbocycles. The van der Waals surface area contributed by atoms with Gasteiger partial charge in [-0.2, -0.15) is 0 Å². The molecule has 2 saturated heterocycles. The first-order chi connectivity index (χ1) is 11.7. The predicted octanol–water partition coefficient (Wildman–Crippen LogP) is 1.80. The second-order valence-corrected chi connectivity index (χ2v) is 7.18. The number of esters is 1. The first kappa shape index (κ1) is 15.7. The average Bonchev–Trinajstić information content (AvgIpc) is 3.31. The van der Waals surface area contributed by atoms with Crippen LogP contribution in [0.15, 0.2) is 22.8 Å². The third-order valence-corrected chi connectivity index (χ3v) is 5.71. The van der Waals surface area contributed by atoms with E-state index in [1.165, 1.54) is 0 Å². The van der Waals surface area contributed by atoms with Crippen molar-refractivity contribution in [3.63, 3.8) is 0 Å². The minimum absolute atomic E-state index is 0.111. The van der Waals surface area contributed by atoms with Crippen LogP contribution in [-0.2, 0) is 20.9 Å². The Hall–Kier alpha value is -1.82. The number of hydrogen-bond acceptors (Lipinski definition) is 5. The minimum atomic E-state index is -0.501. The van der Waals surface area contributed by atoms with Crippen LogP contribution in [0, 0.1) is 5.92 Å². The van der Waals surface area contributed by atoms with Crippen molar-refractivity contribution in [1.82, 2.24) is 9.80 Å². The molecule has 1 amide bonds. The van der Waals surface area contributed by atoms with Gasteiger partial charge in [0, 0.05) is 26.2 Å². The van der Waals surface area contributed by atoms with Crippen LogP contribution in [0.3, 0.4) is 0 Å². The second kappa shape index (κ2) is 6.24. The number of carbonyl (C=O) groups is 2. The van der Waals surface area contributed by atoms with E-state index in [1.54, 1.807) is 6.26 Å². The molecule has 2 aliphatic heterocycles. The summed E-state index contributed by atoms with van der Waals surface area (Å²) in [5, 5.41) is 0. The fourth-order valence-electron chi connectivity index (χ4n) is 4.40. The topological polar surface area (TPSA) is 63.0 Å². The maximum atomic E-state index is 13.0. The van der Waals surface area contributed by atoms with Crippen molar-refractivity contribution in [1.29, 1.82) is 0 Å². The van der Waals surface area contributed by atoms with Crippen LogP contribution >= 0.6 is 0 Å². The SMILES string of the molecule is O=C1C[C@@H](C(=O)N2CCN(Cc3ccco3)CC2)C2(CCCC2)O1. The summed E-state index contributed by atoms with van der Waals surface area (Å²) in [6.07, 6.45) is 5.72. The highest BCUT2D eigenvalue weighted by Crippen LogP contribution is 2.46. The number of amides is 1. The van der Waals surface area contributed by atoms with Gasteiger partial charge in [0.15, 0.2) is 0 Å². The summed E-state index contributed by atoms with van der Waals surface area (Å²) in [6.45, 7) is 3.87. The first-order valence-electron chi connectivity index (χ1n) is 8.92. The van der Waals surface area contributed by atoms with Gasteiger partial charge in [0.05, 0.1) is 25.1 Å². The van der Waals surface area contributed by atoms with Gasteiger partial charge >= 0.3 is 5.97 Å². The molecule has 1 aromatic rings. The van der Waals surface area contributed by atoms with Crippen molar-refractivity contribution in [3.8, 4) is 0 Å². The smallest absolute Gasteiger partial charge is 0.307 e. The van der Waals surface area contributed by atoms with Gasteiger partial charge in [-0.15, -0.1) is 0 Å². The molecule has 1 atom stereocenters. The molecule has 1 aliphatic carbocycles. The van der Waals surface area contributed by atoms with Crippen LogP contribution < -0.4 is 0 Å². The summed E-state index contributed by atoms with van der Waals surface area (Å²) < 4.78 is 11.0. The minimum Gasteiger partial charge on any atom is -0.468 e. The zero-order valence-electron chi connectivity index (χ0n) is 13.9. The summed E-state index contributed by atoms with van der Waals surface area (Å²) in [5.74, 6) is 0.589. The molecule has 3 aliphatic rings. The van der Waals surface area contributed by atoms with Crippen LogP contribution in [0.1, 0.15) is 37.9 Å². The molecule has 3 fully saturated rings. The van der Waals surface area contributed by atoms with Crippen molar-refractivity contribution in [2.24, 2.45) is 5.92 Å². The maximum Gasteiger partial charge on any atom is 0.307 e. The summed E-state index contributed by atoms with van der Waals surface area (Å²) in [5.41, 5.74) is -0.501. The summed E-state index contributed by atoms with van der Waals surface area (Å²) in [7, 11) is 0. The molecule has 0 bridgehead atoms. The Balaban J connectivity index is 1.36. The number of ether oxygens (including phenoxy) is 1. The molecular weight excluding hydrogens is 308 g/mol. The van der Waals surface area contributed by atoms with E-state index < -0.39 is 5.60 Å². The van der Waals surface area contributed by atoms with Gasteiger partial charge in [0.25, 0.3) is 0 Å². The van der Waals surface area contributed by atoms with Crippen molar-refractivity contribution in [3.05, 3.63) is 24.2 Å². The van der Waals surface area contributed by atoms with E-state index in [9.17, 15) is 9.59 Å². The lowest BCUT2D eigenvalue weighted by Crippen LogP contribution is -2.52. The number of rotatable bonds is 3. The Kier molecular flexibility index (Phi) is 4.08. The average molecular weight is 332 g/mol. The van der Waals surface area contributed by atoms with Gasteiger partial charge in [0.2, 0.25) is 5.91 Å². The molecule has 0 unspecified atom stereocenters. The lowest BCUT2D eigenvalue weighted by molar-refractivity contribution is -0.152. The van der Waals surface area contributed by atoms with Gasteiger partial charge in [-0.05, 0) is 37.8 Å². The molecule has 130 valence electrons. The molecule has 3 heterocycles. The quantitative estimate of drug-likeness (QED) is 0.790.